The van der Waals surface area contributed by atoms with E-state index >= 15 is 0 Å². The predicted molar refractivity (Wildman–Crippen MR) is 85.7 cm³/mol. The number of likely N-dealkylation sites (N-methyl/N-ethyl adjacent to an activating group) is 1. The van der Waals surface area contributed by atoms with Crippen molar-refractivity contribution in [3.05, 3.63) is 0 Å². The zero-order valence-corrected chi connectivity index (χ0v) is 13.3. The zero-order chi connectivity index (χ0) is 15.0. The van der Waals surface area contributed by atoms with Crippen molar-refractivity contribution in [2.45, 2.75) is 45.4 Å². The van der Waals surface area contributed by atoms with Crippen molar-refractivity contribution in [2.75, 3.05) is 33.2 Å². The van der Waals surface area contributed by atoms with Gasteiger partial charge in [0.1, 0.15) is 13.1 Å². The number of amidine groups is 1. The summed E-state index contributed by atoms with van der Waals surface area (Å²) in [6.07, 6.45) is 4.22. The van der Waals surface area contributed by atoms with E-state index in [2.05, 4.69) is 29.3 Å². The summed E-state index contributed by atoms with van der Waals surface area (Å²) in [6.45, 7) is 8.59. The number of piperazine rings is 1. The van der Waals surface area contributed by atoms with Crippen LogP contribution in [0.5, 0.6) is 0 Å². The van der Waals surface area contributed by atoms with Gasteiger partial charge >= 0.3 is 0 Å². The van der Waals surface area contributed by atoms with Gasteiger partial charge in [0, 0.05) is 38.6 Å². The molecule has 2 unspecified atom stereocenters. The standard InChI is InChI=1S/C12H24BN4O.C2H6/c1-16-4-6-17(7-5-16)11-2-3-13-9-10(11)8-12(14)15-18;1-2/h10-11,18H,2-9H2,1H3,(H2,14,15);1-2H3. The van der Waals surface area contributed by atoms with Crippen LogP contribution >= 0.6 is 0 Å². The molecule has 2 aliphatic rings. The molecule has 0 aromatic heterocycles. The smallest absolute Gasteiger partial charge is 0.139 e. The molecule has 0 bridgehead atoms. The summed E-state index contributed by atoms with van der Waals surface area (Å²) in [6, 6.07) is 0.601. The Bertz CT molecular complexity index is 293. The van der Waals surface area contributed by atoms with Gasteiger partial charge in [0.15, 0.2) is 0 Å². The Hall–Kier alpha value is -0.745. The molecule has 6 heteroatoms. The second kappa shape index (κ2) is 9.24. The van der Waals surface area contributed by atoms with Crippen LogP contribution in [0.2, 0.25) is 12.6 Å². The van der Waals surface area contributed by atoms with Crippen molar-refractivity contribution in [1.82, 2.24) is 9.80 Å². The van der Waals surface area contributed by atoms with Crippen molar-refractivity contribution in [3.8, 4) is 0 Å². The average Bonchev–Trinajstić information content (AvgIpc) is 2.51. The van der Waals surface area contributed by atoms with E-state index in [9.17, 15) is 0 Å². The van der Waals surface area contributed by atoms with Gasteiger partial charge in [-0.1, -0.05) is 31.6 Å². The van der Waals surface area contributed by atoms with Crippen molar-refractivity contribution in [3.63, 3.8) is 0 Å². The summed E-state index contributed by atoms with van der Waals surface area (Å²) in [7, 11) is 4.53. The van der Waals surface area contributed by atoms with Crippen LogP contribution < -0.4 is 5.73 Å². The molecule has 2 heterocycles. The Balaban J connectivity index is 0.000000956. The molecule has 2 fully saturated rings. The van der Waals surface area contributed by atoms with Crippen LogP contribution in [-0.2, 0) is 0 Å². The van der Waals surface area contributed by atoms with Crippen LogP contribution in [0.1, 0.15) is 26.7 Å². The van der Waals surface area contributed by atoms with Crippen LogP contribution in [0.4, 0.5) is 0 Å². The number of hydrogen-bond donors (Lipinski definition) is 2. The minimum absolute atomic E-state index is 0.370. The monoisotopic (exact) mass is 281 g/mol. The molecule has 20 heavy (non-hydrogen) atoms. The fourth-order valence-corrected chi connectivity index (χ4v) is 3.18. The molecule has 5 nitrogen and oxygen atoms in total. The fourth-order valence-electron chi connectivity index (χ4n) is 3.18. The first-order valence-corrected chi connectivity index (χ1v) is 7.91. The first-order valence-electron chi connectivity index (χ1n) is 7.91. The Labute approximate surface area is 124 Å². The predicted octanol–water partition coefficient (Wildman–Crippen LogP) is 1.33. The quantitative estimate of drug-likeness (QED) is 0.269. The van der Waals surface area contributed by atoms with Crippen LogP contribution in [-0.4, -0.2) is 67.4 Å². The number of nitrogens with two attached hydrogens (primary N) is 1. The highest BCUT2D eigenvalue weighted by atomic mass is 16.4. The first-order chi connectivity index (χ1) is 9.70. The number of hydrogen-bond acceptors (Lipinski definition) is 4. The molecular weight excluding hydrogens is 251 g/mol. The summed E-state index contributed by atoms with van der Waals surface area (Å²) in [4.78, 5) is 4.98. The maximum atomic E-state index is 8.73. The second-order valence-electron chi connectivity index (χ2n) is 5.56. The van der Waals surface area contributed by atoms with Gasteiger partial charge in [-0.3, -0.25) is 4.90 Å². The lowest BCUT2D eigenvalue weighted by atomic mass is 9.57. The topological polar surface area (TPSA) is 65.1 Å². The van der Waals surface area contributed by atoms with Crippen molar-refractivity contribution >= 4 is 13.1 Å². The third-order valence-corrected chi connectivity index (χ3v) is 4.29. The molecule has 2 atom stereocenters. The third-order valence-electron chi connectivity index (χ3n) is 4.29. The molecule has 2 saturated heterocycles. The summed E-state index contributed by atoms with van der Waals surface area (Å²) in [5.74, 6) is 0.882. The Kier molecular flexibility index (Phi) is 7.99. The lowest BCUT2D eigenvalue weighted by molar-refractivity contribution is 0.0804. The highest BCUT2D eigenvalue weighted by molar-refractivity contribution is 6.35. The highest BCUT2D eigenvalue weighted by Gasteiger charge is 2.32. The summed E-state index contributed by atoms with van der Waals surface area (Å²) >= 11 is 0. The van der Waals surface area contributed by atoms with Crippen molar-refractivity contribution < 1.29 is 5.21 Å². The molecule has 0 spiro atoms. The van der Waals surface area contributed by atoms with E-state index in [1.165, 1.54) is 12.7 Å². The molecule has 0 aliphatic carbocycles. The van der Waals surface area contributed by atoms with Gasteiger partial charge in [0.25, 0.3) is 0 Å². The average molecular weight is 281 g/mol. The van der Waals surface area contributed by atoms with E-state index in [1.807, 2.05) is 13.8 Å². The maximum Gasteiger partial charge on any atom is 0.139 e. The van der Waals surface area contributed by atoms with Crippen LogP contribution in [0.25, 0.3) is 0 Å². The van der Waals surface area contributed by atoms with Gasteiger partial charge < -0.3 is 15.8 Å². The van der Waals surface area contributed by atoms with Gasteiger partial charge in [-0.2, -0.15) is 0 Å². The van der Waals surface area contributed by atoms with E-state index < -0.39 is 0 Å². The summed E-state index contributed by atoms with van der Waals surface area (Å²) in [5.41, 5.74) is 5.68. The van der Waals surface area contributed by atoms with E-state index in [0.717, 1.165) is 32.5 Å². The van der Waals surface area contributed by atoms with E-state index in [1.54, 1.807) is 0 Å². The highest BCUT2D eigenvalue weighted by Crippen LogP contribution is 2.29. The minimum atomic E-state index is 0.370. The normalized spacial score (nSPS) is 29.2. The van der Waals surface area contributed by atoms with Crippen LogP contribution in [0.15, 0.2) is 5.16 Å². The van der Waals surface area contributed by atoms with Gasteiger partial charge in [0.05, 0.1) is 0 Å². The number of oxime groups is 1. The third kappa shape index (κ3) is 4.98. The van der Waals surface area contributed by atoms with E-state index in [4.69, 9.17) is 10.9 Å². The van der Waals surface area contributed by atoms with Gasteiger partial charge in [-0.15, -0.1) is 0 Å². The lowest BCUT2D eigenvalue weighted by Crippen LogP contribution is -2.52. The largest absolute Gasteiger partial charge is 0.409 e. The molecule has 0 aromatic rings. The summed E-state index contributed by atoms with van der Waals surface area (Å²) in [5, 5.41) is 11.9. The molecule has 115 valence electrons. The van der Waals surface area contributed by atoms with Crippen molar-refractivity contribution in [2.24, 2.45) is 16.8 Å². The molecule has 0 aromatic carbocycles. The molecular formula is C14H30BN4O. The van der Waals surface area contributed by atoms with Crippen LogP contribution in [0.3, 0.4) is 0 Å². The Morgan fingerprint density at radius 2 is 1.95 bits per heavy atom. The molecule has 3 N–H and O–H groups in total. The zero-order valence-electron chi connectivity index (χ0n) is 13.3. The Morgan fingerprint density at radius 1 is 1.30 bits per heavy atom. The summed E-state index contributed by atoms with van der Waals surface area (Å²) < 4.78 is 0. The van der Waals surface area contributed by atoms with Crippen molar-refractivity contribution in [1.29, 1.82) is 0 Å². The van der Waals surface area contributed by atoms with Crippen LogP contribution in [0, 0.1) is 5.92 Å². The molecule has 2 rings (SSSR count). The molecule has 0 amide bonds. The van der Waals surface area contributed by atoms with E-state index in [-0.39, 0.29) is 0 Å². The lowest BCUT2D eigenvalue weighted by Gasteiger charge is -2.43. The number of nitrogens with zero attached hydrogens (tertiary/aromatic N) is 3. The van der Waals surface area contributed by atoms with Gasteiger partial charge in [0.2, 0.25) is 0 Å². The van der Waals surface area contributed by atoms with E-state index in [0.29, 0.717) is 24.2 Å². The fraction of sp³-hybridized carbons (Fsp3) is 0.929. The molecule has 0 saturated carbocycles. The SMILES string of the molecule is CC.CN1CCN(C2CC[B]CC2CC(N)=NO)CC1. The second-order valence-corrected chi connectivity index (χ2v) is 5.56. The Morgan fingerprint density at radius 3 is 2.55 bits per heavy atom. The molecule has 2 aliphatic heterocycles. The minimum Gasteiger partial charge on any atom is -0.409 e. The van der Waals surface area contributed by atoms with Gasteiger partial charge in [-0.05, 0) is 19.4 Å². The maximum absolute atomic E-state index is 8.73. The first kappa shape index (κ1) is 17.3. The van der Waals surface area contributed by atoms with Gasteiger partial charge in [-0.25, -0.2) is 0 Å². The molecule has 1 radical (unpaired) electrons. The number of rotatable bonds is 3.